The average Bonchev–Trinajstić information content (AvgIpc) is 3.53. The third-order valence-electron chi connectivity index (χ3n) is 6.92. The van der Waals surface area contributed by atoms with Gasteiger partial charge in [-0.2, -0.15) is 5.10 Å². The zero-order valence-corrected chi connectivity index (χ0v) is 18.9. The maximum atomic E-state index is 14.9. The summed E-state index contributed by atoms with van der Waals surface area (Å²) in [5.41, 5.74) is 12.3. The van der Waals surface area contributed by atoms with Crippen molar-refractivity contribution in [3.8, 4) is 5.69 Å². The summed E-state index contributed by atoms with van der Waals surface area (Å²) in [4.78, 5) is 21.0. The van der Waals surface area contributed by atoms with E-state index in [1.165, 1.54) is 6.20 Å². The quantitative estimate of drug-likeness (QED) is 0.402. The van der Waals surface area contributed by atoms with Gasteiger partial charge in [0.15, 0.2) is 5.78 Å². The van der Waals surface area contributed by atoms with Gasteiger partial charge in [-0.05, 0) is 91.9 Å². The minimum atomic E-state index is -0.178. The molecule has 2 aromatic carbocycles. The number of hydrogen-bond acceptors (Lipinski definition) is 5. The summed E-state index contributed by atoms with van der Waals surface area (Å²) in [5, 5.41) is 7.70. The largest absolute Gasteiger partial charge is 0.383 e. The first kappa shape index (κ1) is 20.8. The fraction of sp³-hybridized carbons (Fsp3) is 0.269. The van der Waals surface area contributed by atoms with Crippen LogP contribution in [0.3, 0.4) is 0 Å². The van der Waals surface area contributed by atoms with Crippen LogP contribution in [0, 0.1) is 12.7 Å². The van der Waals surface area contributed by atoms with Crippen molar-refractivity contribution in [2.24, 2.45) is 0 Å². The van der Waals surface area contributed by atoms with E-state index >= 15 is 0 Å². The average molecular weight is 457 g/mol. The Morgan fingerprint density at radius 2 is 2.03 bits per heavy atom. The van der Waals surface area contributed by atoms with Crippen molar-refractivity contribution in [2.45, 2.75) is 32.1 Å². The maximum absolute atomic E-state index is 14.9. The third kappa shape index (κ3) is 3.42. The molecule has 4 aromatic rings. The molecule has 0 amide bonds. The summed E-state index contributed by atoms with van der Waals surface area (Å²) >= 11 is 0. The van der Waals surface area contributed by atoms with E-state index < -0.39 is 0 Å². The van der Waals surface area contributed by atoms with Gasteiger partial charge >= 0.3 is 0 Å². The van der Waals surface area contributed by atoms with Crippen LogP contribution in [0.15, 0.2) is 42.1 Å². The molecular weight excluding hydrogens is 431 g/mol. The number of nitrogens with zero attached hydrogens (tertiary/aromatic N) is 3. The first-order chi connectivity index (χ1) is 16.5. The molecule has 2 aromatic heterocycles. The molecular formula is C26H25FN6O. The molecule has 0 spiro atoms. The highest BCUT2D eigenvalue weighted by Crippen LogP contribution is 2.35. The number of allylic oxidation sites excluding steroid dienone is 1. The number of carbonyl (C=O) groups is 1. The summed E-state index contributed by atoms with van der Waals surface area (Å²) in [6, 6.07) is 9.19. The third-order valence-corrected chi connectivity index (χ3v) is 6.92. The number of H-pyrrole nitrogens is 1. The van der Waals surface area contributed by atoms with E-state index in [2.05, 4.69) is 20.4 Å². The number of Topliss-reactive ketones (excluding diaryl/α,β-unsaturated/α-hetero) is 1. The number of aromatic nitrogens is 4. The Morgan fingerprint density at radius 3 is 2.85 bits per heavy atom. The molecule has 7 nitrogen and oxygen atoms in total. The number of halogens is 1. The molecule has 3 heterocycles. The number of nitrogens with one attached hydrogen (secondary N) is 2. The molecule has 1 aliphatic carbocycles. The monoisotopic (exact) mass is 456 g/mol. The Morgan fingerprint density at radius 1 is 1.21 bits per heavy atom. The molecule has 172 valence electrons. The van der Waals surface area contributed by atoms with Crippen LogP contribution in [-0.2, 0) is 6.42 Å². The van der Waals surface area contributed by atoms with Crippen LogP contribution in [0.4, 0.5) is 10.2 Å². The highest BCUT2D eigenvalue weighted by molar-refractivity contribution is 6.15. The van der Waals surface area contributed by atoms with Gasteiger partial charge in [-0.3, -0.25) is 4.79 Å². The number of fused-ring (bicyclic) bond motifs is 2. The van der Waals surface area contributed by atoms with E-state index in [1.807, 2.05) is 37.3 Å². The number of nitrogen functional groups attached to an aromatic ring is 1. The number of ketones is 1. The topological polar surface area (TPSA) is 102 Å². The molecule has 2 aliphatic rings. The second-order valence-corrected chi connectivity index (χ2v) is 9.15. The van der Waals surface area contributed by atoms with Crippen molar-refractivity contribution in [3.05, 3.63) is 76.0 Å². The van der Waals surface area contributed by atoms with Gasteiger partial charge in [0.25, 0.3) is 0 Å². The number of rotatable bonds is 4. The Hall–Kier alpha value is -3.78. The van der Waals surface area contributed by atoms with Gasteiger partial charge in [-0.25, -0.2) is 14.1 Å². The van der Waals surface area contributed by atoms with Gasteiger partial charge in [0.05, 0.1) is 28.5 Å². The molecule has 4 N–H and O–H groups in total. The number of piperidine rings is 1. The van der Waals surface area contributed by atoms with Gasteiger partial charge < -0.3 is 16.0 Å². The van der Waals surface area contributed by atoms with Crippen LogP contribution in [0.5, 0.6) is 0 Å². The lowest BCUT2D eigenvalue weighted by Crippen LogP contribution is -2.27. The lowest BCUT2D eigenvalue weighted by molar-refractivity contribution is 0.103. The fourth-order valence-electron chi connectivity index (χ4n) is 5.14. The Labute approximate surface area is 195 Å². The summed E-state index contributed by atoms with van der Waals surface area (Å²) < 4.78 is 16.4. The molecule has 0 unspecified atom stereocenters. The zero-order chi connectivity index (χ0) is 23.4. The van der Waals surface area contributed by atoms with Crippen LogP contribution in [-0.4, -0.2) is 38.6 Å². The van der Waals surface area contributed by atoms with Crippen LogP contribution < -0.4 is 11.1 Å². The van der Waals surface area contributed by atoms with Crippen molar-refractivity contribution >= 4 is 28.7 Å². The van der Waals surface area contributed by atoms with Crippen LogP contribution in [0.2, 0.25) is 0 Å². The second-order valence-electron chi connectivity index (χ2n) is 9.15. The molecule has 34 heavy (non-hydrogen) atoms. The minimum absolute atomic E-state index is 0.176. The predicted octanol–water partition coefficient (Wildman–Crippen LogP) is 4.07. The van der Waals surface area contributed by atoms with Crippen LogP contribution >= 0.6 is 0 Å². The normalized spacial score (nSPS) is 16.1. The van der Waals surface area contributed by atoms with Crippen molar-refractivity contribution < 1.29 is 9.18 Å². The summed E-state index contributed by atoms with van der Waals surface area (Å²) in [6.45, 7) is 3.70. The Bertz CT molecular complexity index is 1470. The van der Waals surface area contributed by atoms with Gasteiger partial charge in [0.2, 0.25) is 0 Å². The van der Waals surface area contributed by atoms with Gasteiger partial charge in [0.1, 0.15) is 17.5 Å². The van der Waals surface area contributed by atoms with E-state index in [0.29, 0.717) is 17.6 Å². The molecule has 0 saturated carbocycles. The first-order valence-corrected chi connectivity index (χ1v) is 11.6. The van der Waals surface area contributed by atoms with Gasteiger partial charge in [-0.15, -0.1) is 0 Å². The van der Waals surface area contributed by atoms with E-state index in [4.69, 9.17) is 5.73 Å². The smallest absolute Gasteiger partial charge is 0.194 e. The van der Waals surface area contributed by atoms with Gasteiger partial charge in [0, 0.05) is 12.0 Å². The van der Waals surface area contributed by atoms with Crippen molar-refractivity contribution in [3.63, 3.8) is 0 Å². The SMILES string of the molecule is Cc1nc2ccc(-n3ncc(C(=O)C4=Cc5cc(C6CCNCC6)c(F)cc5C4)c3N)cc2[nH]1. The fourth-order valence-corrected chi connectivity index (χ4v) is 5.14. The molecule has 0 bridgehead atoms. The summed E-state index contributed by atoms with van der Waals surface area (Å²) in [5.74, 6) is 0.958. The number of aryl methyl sites for hydroxylation is 1. The van der Waals surface area contributed by atoms with E-state index in [0.717, 1.165) is 65.2 Å². The number of benzene rings is 2. The summed E-state index contributed by atoms with van der Waals surface area (Å²) in [7, 11) is 0. The number of anilines is 1. The molecule has 1 fully saturated rings. The number of nitrogens with two attached hydrogens (primary N) is 1. The predicted molar refractivity (Wildman–Crippen MR) is 130 cm³/mol. The highest BCUT2D eigenvalue weighted by atomic mass is 19.1. The minimum Gasteiger partial charge on any atom is -0.383 e. The van der Waals surface area contributed by atoms with Crippen molar-refractivity contribution in [1.82, 2.24) is 25.1 Å². The molecule has 6 rings (SSSR count). The van der Waals surface area contributed by atoms with E-state index in [1.54, 1.807) is 10.7 Å². The molecule has 1 aliphatic heterocycles. The lowest BCUT2D eigenvalue weighted by atomic mass is 9.88. The van der Waals surface area contributed by atoms with Crippen molar-refractivity contribution in [2.75, 3.05) is 18.8 Å². The molecule has 0 radical (unpaired) electrons. The number of imidazole rings is 1. The van der Waals surface area contributed by atoms with E-state index in [9.17, 15) is 9.18 Å². The van der Waals surface area contributed by atoms with Gasteiger partial charge in [-0.1, -0.05) is 0 Å². The Kier molecular flexibility index (Phi) is 4.84. The lowest BCUT2D eigenvalue weighted by Gasteiger charge is -2.24. The first-order valence-electron chi connectivity index (χ1n) is 11.6. The maximum Gasteiger partial charge on any atom is 0.194 e. The van der Waals surface area contributed by atoms with Crippen LogP contribution in [0.25, 0.3) is 22.8 Å². The van der Waals surface area contributed by atoms with E-state index in [-0.39, 0.29) is 23.3 Å². The second kappa shape index (κ2) is 7.92. The standard InChI is InChI=1S/C26H25FN6O/c1-14-31-23-3-2-19(12-24(23)32-14)33-26(28)21(13-30-33)25(34)18-8-16-10-20(15-4-6-29-7-5-15)22(27)11-17(16)9-18/h2-3,8,10-13,15,29H,4-7,9,28H2,1H3,(H,31,32). The summed E-state index contributed by atoms with van der Waals surface area (Å²) in [6.07, 6.45) is 5.61. The zero-order valence-electron chi connectivity index (χ0n) is 18.9. The molecule has 8 heteroatoms. The number of hydrogen-bond donors (Lipinski definition) is 3. The number of aromatic amines is 1. The highest BCUT2D eigenvalue weighted by Gasteiger charge is 2.27. The molecule has 1 saturated heterocycles. The van der Waals surface area contributed by atoms with Crippen LogP contribution in [0.1, 0.15) is 51.6 Å². The Balaban J connectivity index is 1.29. The van der Waals surface area contributed by atoms with Crippen molar-refractivity contribution in [1.29, 1.82) is 0 Å². The number of carbonyl (C=O) groups excluding carboxylic acids is 1. The molecule has 0 atom stereocenters.